The van der Waals surface area contributed by atoms with Crippen LogP contribution in [0, 0.1) is 20.5 Å². The zero-order valence-electron chi connectivity index (χ0n) is 8.58. The van der Waals surface area contributed by atoms with Gasteiger partial charge >= 0.3 is 0 Å². The molecule has 0 aliphatic carbocycles. The Hall–Kier alpha value is 0.140. The van der Waals surface area contributed by atoms with Gasteiger partial charge in [0.1, 0.15) is 0 Å². The maximum absolute atomic E-state index is 8.60. The molecule has 0 aliphatic heterocycles. The van der Waals surface area contributed by atoms with E-state index in [0.29, 0.717) is 13.1 Å². The summed E-state index contributed by atoms with van der Waals surface area (Å²) in [5.74, 6) is 0. The van der Waals surface area contributed by atoms with Crippen molar-refractivity contribution in [2.24, 2.45) is 11.5 Å². The SMILES string of the molecule is NCCNCCN.[O-][Cl+3]([O-])([O-])O.[O-][Cl+3]([O-])([O-])O. The minimum absolute atomic E-state index is 0.694. The summed E-state index contributed by atoms with van der Waals surface area (Å²) in [6.07, 6.45) is 0. The second-order valence-electron chi connectivity index (χ2n) is 2.12. The Bertz CT molecular complexity index is 123. The lowest BCUT2D eigenvalue weighted by Gasteiger charge is -2.03. The molecule has 108 valence electrons. The average molecular weight is 304 g/mol. The van der Waals surface area contributed by atoms with Gasteiger partial charge in [0, 0.05) is 26.2 Å². The Kier molecular flexibility index (Phi) is 16.5. The standard InChI is InChI=1S/C4H13N3.2ClHO4/c5-1-3-7-4-2-6;2*2-1(3,4)5/h7H,1-6H2;2*(H,2,3,4,5). The van der Waals surface area contributed by atoms with Crippen LogP contribution in [0.25, 0.3) is 0 Å². The summed E-state index contributed by atoms with van der Waals surface area (Å²) >= 11 is 0. The van der Waals surface area contributed by atoms with Crippen molar-refractivity contribution in [3.05, 3.63) is 0 Å². The third-order valence-electron chi connectivity index (χ3n) is 0.642. The smallest absolute Gasteiger partial charge is 0.0777 e. The lowest BCUT2D eigenvalue weighted by Crippen LogP contribution is -2.58. The molecular formula is C4H15Cl2N3O8. The zero-order valence-corrected chi connectivity index (χ0v) is 10.1. The summed E-state index contributed by atoms with van der Waals surface area (Å²) in [6, 6.07) is 0. The van der Waals surface area contributed by atoms with E-state index in [1.54, 1.807) is 0 Å². The van der Waals surface area contributed by atoms with Gasteiger partial charge in [0.2, 0.25) is 0 Å². The number of hydrogen-bond donors (Lipinski definition) is 5. The third kappa shape index (κ3) is 188. The number of nitrogens with one attached hydrogen (secondary N) is 1. The van der Waals surface area contributed by atoms with E-state index in [-0.39, 0.29) is 0 Å². The molecule has 0 aromatic rings. The molecule has 13 heteroatoms. The maximum Gasteiger partial charge on any atom is 0.0777 e. The molecule has 0 atom stereocenters. The van der Waals surface area contributed by atoms with Crippen LogP contribution in [0.1, 0.15) is 0 Å². The van der Waals surface area contributed by atoms with Crippen LogP contribution in [0.15, 0.2) is 0 Å². The van der Waals surface area contributed by atoms with E-state index in [0.717, 1.165) is 13.1 Å². The van der Waals surface area contributed by atoms with E-state index in [1.165, 1.54) is 0 Å². The molecule has 0 saturated carbocycles. The van der Waals surface area contributed by atoms with Crippen molar-refractivity contribution in [1.82, 2.24) is 5.32 Å². The first kappa shape index (κ1) is 22.3. The fourth-order valence-electron chi connectivity index (χ4n) is 0.329. The Morgan fingerprint density at radius 1 is 0.765 bits per heavy atom. The van der Waals surface area contributed by atoms with Crippen LogP contribution in [-0.2, 0) is 0 Å². The van der Waals surface area contributed by atoms with Gasteiger partial charge < -0.3 is 16.8 Å². The quantitative estimate of drug-likeness (QED) is 0.305. The van der Waals surface area contributed by atoms with Crippen molar-refractivity contribution < 1.29 is 57.8 Å². The number of rotatable bonds is 4. The highest BCUT2D eigenvalue weighted by Gasteiger charge is 1.99. The first-order valence-corrected chi connectivity index (χ1v) is 6.32. The summed E-state index contributed by atoms with van der Waals surface area (Å²) in [7, 11) is -9.39. The highest BCUT2D eigenvalue weighted by molar-refractivity contribution is 4.45. The van der Waals surface area contributed by atoms with Crippen molar-refractivity contribution in [3.8, 4) is 0 Å². The fraction of sp³-hybridized carbons (Fsp3) is 1.00. The van der Waals surface area contributed by atoms with E-state index in [4.69, 9.17) is 48.7 Å². The van der Waals surface area contributed by atoms with E-state index in [1.807, 2.05) is 0 Å². The van der Waals surface area contributed by atoms with Crippen LogP contribution in [0.3, 0.4) is 0 Å². The molecule has 0 spiro atoms. The molecule has 0 aromatic carbocycles. The van der Waals surface area contributed by atoms with Gasteiger partial charge in [-0.1, -0.05) is 0 Å². The van der Waals surface area contributed by atoms with E-state index < -0.39 is 20.5 Å². The van der Waals surface area contributed by atoms with Gasteiger partial charge in [0.05, 0.1) is 29.8 Å². The Morgan fingerprint density at radius 3 is 1.06 bits per heavy atom. The fourth-order valence-corrected chi connectivity index (χ4v) is 0.329. The highest BCUT2D eigenvalue weighted by atomic mass is 35.7. The van der Waals surface area contributed by atoms with E-state index >= 15 is 0 Å². The lowest BCUT2D eigenvalue weighted by atomic mass is 10.6. The summed E-state index contributed by atoms with van der Waals surface area (Å²) in [5.41, 5.74) is 10.3. The molecule has 0 heterocycles. The van der Waals surface area contributed by atoms with Crippen molar-refractivity contribution in [2.45, 2.75) is 0 Å². The van der Waals surface area contributed by atoms with Crippen molar-refractivity contribution in [2.75, 3.05) is 26.2 Å². The molecule has 0 amide bonds. The van der Waals surface area contributed by atoms with Gasteiger partial charge in [0.15, 0.2) is 0 Å². The van der Waals surface area contributed by atoms with Crippen LogP contribution in [0.5, 0.6) is 0 Å². The van der Waals surface area contributed by atoms with E-state index in [2.05, 4.69) is 5.32 Å². The van der Waals surface area contributed by atoms with Gasteiger partial charge in [0.25, 0.3) is 0 Å². The average Bonchev–Trinajstić information content (AvgIpc) is 1.99. The summed E-state index contributed by atoms with van der Waals surface area (Å²) in [5, 5.41) is 3.03. The summed E-state index contributed by atoms with van der Waals surface area (Å²) in [6.45, 7) is 3.13. The number of halogens is 2. The zero-order chi connectivity index (χ0) is 14.5. The van der Waals surface area contributed by atoms with Gasteiger partial charge in [-0.3, -0.25) is 0 Å². The second kappa shape index (κ2) is 12.6. The van der Waals surface area contributed by atoms with Crippen LogP contribution in [0.4, 0.5) is 0 Å². The molecule has 0 aliphatic rings. The largest absolute Gasteiger partial charge is 0.329 e. The normalized spacial score (nSPS) is 10.9. The van der Waals surface area contributed by atoms with Crippen LogP contribution in [-0.4, -0.2) is 35.5 Å². The molecule has 0 unspecified atom stereocenters. The minimum Gasteiger partial charge on any atom is -0.329 e. The lowest BCUT2D eigenvalue weighted by molar-refractivity contribution is -1.92. The van der Waals surface area contributed by atoms with Gasteiger partial charge in [-0.25, -0.2) is 0 Å². The molecular weight excluding hydrogens is 289 g/mol. The monoisotopic (exact) mass is 303 g/mol. The van der Waals surface area contributed by atoms with E-state index in [9.17, 15) is 0 Å². The van der Waals surface area contributed by atoms with Crippen molar-refractivity contribution in [3.63, 3.8) is 0 Å². The molecule has 0 saturated heterocycles. The van der Waals surface area contributed by atoms with Gasteiger partial charge in [-0.05, 0) is 0 Å². The molecule has 0 aromatic heterocycles. The van der Waals surface area contributed by atoms with Crippen LogP contribution < -0.4 is 44.7 Å². The summed E-state index contributed by atoms with van der Waals surface area (Å²) < 4.78 is 65.4. The van der Waals surface area contributed by atoms with Crippen molar-refractivity contribution >= 4 is 0 Å². The number of hydrogen-bond acceptors (Lipinski definition) is 11. The maximum atomic E-state index is 8.60. The van der Waals surface area contributed by atoms with Gasteiger partial charge in [-0.15, -0.1) is 0 Å². The Balaban J connectivity index is -0.000000177. The van der Waals surface area contributed by atoms with Crippen LogP contribution in [0.2, 0.25) is 0 Å². The molecule has 0 bridgehead atoms. The Labute approximate surface area is 101 Å². The van der Waals surface area contributed by atoms with Crippen molar-refractivity contribution in [1.29, 1.82) is 0 Å². The number of nitrogens with two attached hydrogens (primary N) is 2. The second-order valence-corrected chi connectivity index (χ2v) is 3.70. The van der Waals surface area contributed by atoms with Gasteiger partial charge in [-0.2, -0.15) is 28.0 Å². The molecule has 7 N–H and O–H groups in total. The predicted molar refractivity (Wildman–Crippen MR) is 35.4 cm³/mol. The molecule has 0 rings (SSSR count). The molecule has 0 fully saturated rings. The third-order valence-corrected chi connectivity index (χ3v) is 0.642. The predicted octanol–water partition coefficient (Wildman–Crippen LogP) is -9.75. The highest BCUT2D eigenvalue weighted by Crippen LogP contribution is 1.61. The minimum atomic E-state index is -4.69. The molecule has 11 nitrogen and oxygen atoms in total. The first-order valence-electron chi connectivity index (χ1n) is 3.79. The van der Waals surface area contributed by atoms with Crippen LogP contribution >= 0.6 is 0 Å². The molecule has 0 radical (unpaired) electrons. The first-order chi connectivity index (χ1) is 7.41. The topological polar surface area (TPSA) is 243 Å². The Morgan fingerprint density at radius 2 is 0.941 bits per heavy atom. The molecule has 17 heavy (non-hydrogen) atoms. The summed E-state index contributed by atoms with van der Waals surface area (Å²) in [4.78, 5) is 0.